The molecule has 1 aliphatic heterocycles. The molecule has 2 aromatic rings. The number of aryl methyl sites for hydroxylation is 1. The van der Waals surface area contributed by atoms with E-state index >= 15 is 0 Å². The number of methoxy groups -OCH3 is 1. The highest BCUT2D eigenvalue weighted by Gasteiger charge is 2.41. The Labute approximate surface area is 152 Å². The number of imidazole rings is 1. The number of ether oxygens (including phenoxy) is 1. The fraction of sp³-hybridized carbons (Fsp3) is 0.450. The highest BCUT2D eigenvalue weighted by molar-refractivity contribution is 5.95. The van der Waals surface area contributed by atoms with Crippen molar-refractivity contribution in [3.05, 3.63) is 35.7 Å². The lowest BCUT2D eigenvalue weighted by molar-refractivity contribution is -0.122. The van der Waals surface area contributed by atoms with Gasteiger partial charge in [-0.15, -0.1) is 0 Å². The molecule has 1 aromatic heterocycles. The quantitative estimate of drug-likeness (QED) is 0.917. The minimum Gasteiger partial charge on any atom is -0.497 e. The molecule has 6 nitrogen and oxygen atoms in total. The molecular weight excluding hydrogens is 330 g/mol. The average Bonchev–Trinajstić information content (AvgIpc) is 3.43. The van der Waals surface area contributed by atoms with Gasteiger partial charge in [-0.25, -0.2) is 4.98 Å². The Hall–Kier alpha value is -2.63. The SMILES string of the molecule is COc1cccc(-c2nc(C(=O)N3CCC(=O)CC3C3CC3)c(C)[nH]2)c1. The van der Waals surface area contributed by atoms with Crippen LogP contribution in [0.3, 0.4) is 0 Å². The third kappa shape index (κ3) is 3.11. The van der Waals surface area contributed by atoms with Gasteiger partial charge in [0.2, 0.25) is 0 Å². The number of benzene rings is 1. The van der Waals surface area contributed by atoms with Gasteiger partial charge in [-0.05, 0) is 37.8 Å². The average molecular weight is 353 g/mol. The standard InChI is InChI=1S/C20H23N3O3/c1-12-18(22-19(21-12)14-4-3-5-16(10-14)26-2)20(25)23-9-8-15(24)11-17(23)13-6-7-13/h3-5,10,13,17H,6-9,11H2,1-2H3,(H,21,22). The summed E-state index contributed by atoms with van der Waals surface area (Å²) in [6.45, 7) is 2.37. The summed E-state index contributed by atoms with van der Waals surface area (Å²) in [5, 5.41) is 0. The summed E-state index contributed by atoms with van der Waals surface area (Å²) in [5.74, 6) is 2.06. The first kappa shape index (κ1) is 16.8. The molecule has 1 saturated carbocycles. The number of Topliss-reactive ketones (excluding diaryl/α,β-unsaturated/α-hetero) is 1. The minimum absolute atomic E-state index is 0.0418. The van der Waals surface area contributed by atoms with E-state index in [1.54, 1.807) is 7.11 Å². The molecule has 2 aliphatic rings. The van der Waals surface area contributed by atoms with Gasteiger partial charge in [-0.1, -0.05) is 12.1 Å². The van der Waals surface area contributed by atoms with E-state index in [0.717, 1.165) is 29.8 Å². The Morgan fingerprint density at radius 2 is 2.15 bits per heavy atom. The van der Waals surface area contributed by atoms with Crippen LogP contribution in [0.1, 0.15) is 41.9 Å². The predicted octanol–water partition coefficient (Wildman–Crippen LogP) is 2.98. The predicted molar refractivity (Wildman–Crippen MR) is 97.1 cm³/mol. The zero-order valence-corrected chi connectivity index (χ0v) is 15.1. The van der Waals surface area contributed by atoms with Crippen molar-refractivity contribution in [1.29, 1.82) is 0 Å². The van der Waals surface area contributed by atoms with Gasteiger partial charge in [0.05, 0.1) is 7.11 Å². The summed E-state index contributed by atoms with van der Waals surface area (Å²) >= 11 is 0. The summed E-state index contributed by atoms with van der Waals surface area (Å²) in [7, 11) is 1.62. The molecular formula is C20H23N3O3. The number of nitrogens with zero attached hydrogens (tertiary/aromatic N) is 2. The van der Waals surface area contributed by atoms with Gasteiger partial charge in [-0.2, -0.15) is 0 Å². The molecule has 1 unspecified atom stereocenters. The molecule has 26 heavy (non-hydrogen) atoms. The number of amides is 1. The Balaban J connectivity index is 1.62. The molecule has 1 amide bonds. The van der Waals surface area contributed by atoms with Crippen molar-refractivity contribution in [3.8, 4) is 17.1 Å². The lowest BCUT2D eigenvalue weighted by Crippen LogP contribution is -2.47. The minimum atomic E-state index is -0.0719. The maximum absolute atomic E-state index is 13.1. The van der Waals surface area contributed by atoms with Gasteiger partial charge in [-0.3, -0.25) is 9.59 Å². The van der Waals surface area contributed by atoms with E-state index in [2.05, 4.69) is 9.97 Å². The number of H-pyrrole nitrogens is 1. The van der Waals surface area contributed by atoms with E-state index in [9.17, 15) is 9.59 Å². The van der Waals surface area contributed by atoms with E-state index < -0.39 is 0 Å². The lowest BCUT2D eigenvalue weighted by atomic mass is 9.96. The number of carbonyl (C=O) groups is 2. The number of hydrogen-bond acceptors (Lipinski definition) is 4. The van der Waals surface area contributed by atoms with Crippen LogP contribution in [-0.2, 0) is 4.79 Å². The van der Waals surface area contributed by atoms with Gasteiger partial charge in [0.15, 0.2) is 0 Å². The van der Waals surface area contributed by atoms with Crippen LogP contribution in [0.5, 0.6) is 5.75 Å². The molecule has 136 valence electrons. The number of piperidine rings is 1. The summed E-state index contributed by atoms with van der Waals surface area (Å²) in [4.78, 5) is 34.7. The third-order valence-corrected chi connectivity index (χ3v) is 5.33. The van der Waals surface area contributed by atoms with Crippen molar-refractivity contribution in [1.82, 2.24) is 14.9 Å². The van der Waals surface area contributed by atoms with E-state index in [4.69, 9.17) is 4.74 Å². The van der Waals surface area contributed by atoms with E-state index in [0.29, 0.717) is 36.8 Å². The van der Waals surface area contributed by atoms with Crippen LogP contribution in [0.25, 0.3) is 11.4 Å². The van der Waals surface area contributed by atoms with Crippen molar-refractivity contribution < 1.29 is 14.3 Å². The van der Waals surface area contributed by atoms with Gasteiger partial charge >= 0.3 is 0 Å². The summed E-state index contributed by atoms with van der Waals surface area (Å²) in [5.41, 5.74) is 2.07. The fourth-order valence-corrected chi connectivity index (χ4v) is 3.72. The number of rotatable bonds is 4. The number of likely N-dealkylation sites (tertiary alicyclic amines) is 1. The summed E-state index contributed by atoms with van der Waals surface area (Å²) in [6.07, 6.45) is 3.15. The number of aromatic amines is 1. The number of hydrogen-bond donors (Lipinski definition) is 1. The molecule has 1 atom stereocenters. The maximum Gasteiger partial charge on any atom is 0.274 e. The van der Waals surface area contributed by atoms with Crippen LogP contribution < -0.4 is 4.74 Å². The molecule has 0 radical (unpaired) electrons. The summed E-state index contributed by atoms with van der Waals surface area (Å²) in [6, 6.07) is 7.63. The second-order valence-corrected chi connectivity index (χ2v) is 7.19. The Kier molecular flexibility index (Phi) is 4.26. The number of nitrogens with one attached hydrogen (secondary N) is 1. The van der Waals surface area contributed by atoms with Gasteiger partial charge in [0.25, 0.3) is 5.91 Å². The molecule has 2 heterocycles. The van der Waals surface area contributed by atoms with E-state index in [1.807, 2.05) is 36.1 Å². The van der Waals surface area contributed by atoms with Gasteiger partial charge in [0.1, 0.15) is 23.1 Å². The van der Waals surface area contributed by atoms with Crippen molar-refractivity contribution in [3.63, 3.8) is 0 Å². The first-order chi connectivity index (χ1) is 12.6. The number of carbonyl (C=O) groups excluding carboxylic acids is 2. The topological polar surface area (TPSA) is 75.3 Å². The molecule has 0 bridgehead atoms. The zero-order chi connectivity index (χ0) is 18.3. The van der Waals surface area contributed by atoms with Crippen molar-refractivity contribution >= 4 is 11.7 Å². The second-order valence-electron chi connectivity index (χ2n) is 7.19. The molecule has 2 fully saturated rings. The maximum atomic E-state index is 13.1. The largest absolute Gasteiger partial charge is 0.497 e. The molecule has 0 spiro atoms. The molecule has 6 heteroatoms. The smallest absolute Gasteiger partial charge is 0.274 e. The monoisotopic (exact) mass is 353 g/mol. The van der Waals surface area contributed by atoms with E-state index in [1.165, 1.54) is 0 Å². The normalized spacial score (nSPS) is 20.3. The number of ketones is 1. The van der Waals surface area contributed by atoms with Crippen LogP contribution in [0.15, 0.2) is 24.3 Å². The first-order valence-electron chi connectivity index (χ1n) is 9.10. The molecule has 1 saturated heterocycles. The van der Waals surface area contributed by atoms with Crippen molar-refractivity contribution in [2.45, 2.75) is 38.6 Å². The van der Waals surface area contributed by atoms with Crippen LogP contribution in [0.2, 0.25) is 0 Å². The summed E-state index contributed by atoms with van der Waals surface area (Å²) < 4.78 is 5.26. The first-order valence-corrected chi connectivity index (χ1v) is 9.10. The molecule has 1 aliphatic carbocycles. The lowest BCUT2D eigenvalue weighted by Gasteiger charge is -2.35. The molecule has 1 aromatic carbocycles. The third-order valence-electron chi connectivity index (χ3n) is 5.33. The Morgan fingerprint density at radius 3 is 2.88 bits per heavy atom. The Bertz CT molecular complexity index is 854. The zero-order valence-electron chi connectivity index (χ0n) is 15.1. The highest BCUT2D eigenvalue weighted by atomic mass is 16.5. The molecule has 4 rings (SSSR count). The Morgan fingerprint density at radius 1 is 1.35 bits per heavy atom. The van der Waals surface area contributed by atoms with Crippen LogP contribution in [-0.4, -0.2) is 46.3 Å². The number of aromatic nitrogens is 2. The van der Waals surface area contributed by atoms with Crippen molar-refractivity contribution in [2.75, 3.05) is 13.7 Å². The van der Waals surface area contributed by atoms with E-state index in [-0.39, 0.29) is 17.7 Å². The van der Waals surface area contributed by atoms with Crippen LogP contribution >= 0.6 is 0 Å². The van der Waals surface area contributed by atoms with Crippen molar-refractivity contribution in [2.24, 2.45) is 5.92 Å². The highest BCUT2D eigenvalue weighted by Crippen LogP contribution is 2.39. The van der Waals surface area contributed by atoms with Crippen LogP contribution in [0, 0.1) is 12.8 Å². The van der Waals surface area contributed by atoms with Gasteiger partial charge in [0, 0.05) is 36.7 Å². The fourth-order valence-electron chi connectivity index (χ4n) is 3.72. The van der Waals surface area contributed by atoms with Crippen LogP contribution in [0.4, 0.5) is 0 Å². The molecule has 1 N–H and O–H groups in total. The second kappa shape index (κ2) is 6.59. The van der Waals surface area contributed by atoms with Gasteiger partial charge < -0.3 is 14.6 Å².